The molecular formula is C15H18BrN3O2S. The van der Waals surface area contributed by atoms with Gasteiger partial charge in [0.25, 0.3) is 0 Å². The van der Waals surface area contributed by atoms with Gasteiger partial charge in [-0.25, -0.2) is 4.21 Å². The topological polar surface area (TPSA) is 64.3 Å². The van der Waals surface area contributed by atoms with Crippen molar-refractivity contribution in [2.45, 2.75) is 31.7 Å². The molecule has 1 aromatic heterocycles. The largest absolute Gasteiger partial charge is 0.307 e. The first-order chi connectivity index (χ1) is 10.2. The predicted octanol–water partition coefficient (Wildman–Crippen LogP) is 3.83. The normalized spacial score (nSPS) is 13.9. The molecule has 1 heterocycles. The van der Waals surface area contributed by atoms with E-state index in [4.69, 9.17) is 0 Å². The first-order valence-electron chi connectivity index (χ1n) is 6.78. The van der Waals surface area contributed by atoms with Crippen LogP contribution in [0.4, 0.5) is 0 Å². The Labute approximate surface area is 139 Å². The molecule has 0 saturated heterocycles. The number of hydrogen-bond acceptors (Lipinski definition) is 3. The van der Waals surface area contributed by atoms with Gasteiger partial charge in [0, 0.05) is 23.4 Å². The number of aryl methyl sites for hydroxylation is 1. The molecule has 7 heteroatoms. The molecule has 0 fully saturated rings. The maximum atomic E-state index is 12.7. The number of carbonyl (C=O) groups is 1. The molecule has 0 aliphatic carbocycles. The van der Waals surface area contributed by atoms with Gasteiger partial charge in [-0.1, -0.05) is 12.1 Å². The summed E-state index contributed by atoms with van der Waals surface area (Å²) in [5, 5.41) is 4.21. The van der Waals surface area contributed by atoms with E-state index in [2.05, 4.69) is 25.4 Å². The lowest BCUT2D eigenvalue weighted by molar-refractivity contribution is 0.0998. The van der Waals surface area contributed by atoms with Gasteiger partial charge < -0.3 is 0 Å². The van der Waals surface area contributed by atoms with Crippen LogP contribution in [-0.2, 0) is 9.73 Å². The lowest BCUT2D eigenvalue weighted by Gasteiger charge is -2.05. The Morgan fingerprint density at radius 1 is 1.41 bits per heavy atom. The van der Waals surface area contributed by atoms with Gasteiger partial charge in [0.15, 0.2) is 5.69 Å². The van der Waals surface area contributed by atoms with Crippen LogP contribution in [0.25, 0.3) is 0 Å². The van der Waals surface area contributed by atoms with Crippen LogP contribution in [0.2, 0.25) is 0 Å². The number of benzene rings is 1. The van der Waals surface area contributed by atoms with Crippen molar-refractivity contribution in [3.8, 4) is 0 Å². The van der Waals surface area contributed by atoms with Crippen LogP contribution in [0.1, 0.15) is 35.9 Å². The average molecular weight is 384 g/mol. The van der Waals surface area contributed by atoms with Gasteiger partial charge in [-0.05, 0) is 54.4 Å². The summed E-state index contributed by atoms with van der Waals surface area (Å²) in [5.41, 5.74) is 1.15. The van der Waals surface area contributed by atoms with Gasteiger partial charge in [0.05, 0.1) is 14.2 Å². The van der Waals surface area contributed by atoms with Gasteiger partial charge in [-0.3, -0.25) is 9.48 Å². The fourth-order valence-electron chi connectivity index (χ4n) is 1.88. The standard InChI is InChI=1S/C15H18BrN3O2S/c1-10(2)19-9-13(16)14(17-19)15(20)18-22(4,21)12-7-5-6-11(3)8-12/h5-10H,1-4H3. The third kappa shape index (κ3) is 3.64. The summed E-state index contributed by atoms with van der Waals surface area (Å²) in [6, 6.07) is 7.33. The minimum atomic E-state index is -2.80. The Morgan fingerprint density at radius 3 is 2.64 bits per heavy atom. The van der Waals surface area contributed by atoms with Crippen LogP contribution in [0.5, 0.6) is 0 Å². The van der Waals surface area contributed by atoms with E-state index in [1.54, 1.807) is 29.1 Å². The molecule has 0 aliphatic rings. The van der Waals surface area contributed by atoms with Crippen molar-refractivity contribution in [3.63, 3.8) is 0 Å². The van der Waals surface area contributed by atoms with Crippen molar-refractivity contribution in [1.29, 1.82) is 0 Å². The molecule has 0 aliphatic heterocycles. The van der Waals surface area contributed by atoms with E-state index in [0.717, 1.165) is 5.56 Å². The first-order valence-corrected chi connectivity index (χ1v) is 9.50. The zero-order valence-corrected chi connectivity index (χ0v) is 15.3. The smallest absolute Gasteiger partial charge is 0.268 e. The quantitative estimate of drug-likeness (QED) is 0.808. The molecule has 1 aromatic carbocycles. The molecule has 0 N–H and O–H groups in total. The van der Waals surface area contributed by atoms with E-state index in [1.807, 2.05) is 26.8 Å². The molecule has 22 heavy (non-hydrogen) atoms. The van der Waals surface area contributed by atoms with E-state index in [9.17, 15) is 9.00 Å². The summed E-state index contributed by atoms with van der Waals surface area (Å²) >= 11 is 3.30. The van der Waals surface area contributed by atoms with Crippen molar-refractivity contribution in [2.75, 3.05) is 6.26 Å². The van der Waals surface area contributed by atoms with Crippen molar-refractivity contribution < 1.29 is 9.00 Å². The van der Waals surface area contributed by atoms with Gasteiger partial charge >= 0.3 is 5.91 Å². The molecule has 2 rings (SSSR count). The predicted molar refractivity (Wildman–Crippen MR) is 90.6 cm³/mol. The average Bonchev–Trinajstić information content (AvgIpc) is 2.81. The molecule has 1 amide bonds. The maximum absolute atomic E-state index is 12.7. The van der Waals surface area contributed by atoms with Crippen LogP contribution in [0.3, 0.4) is 0 Å². The Morgan fingerprint density at radius 2 is 2.09 bits per heavy atom. The fourth-order valence-corrected chi connectivity index (χ4v) is 3.59. The molecule has 1 unspecified atom stereocenters. The second-order valence-electron chi connectivity index (χ2n) is 5.41. The van der Waals surface area contributed by atoms with Gasteiger partial charge in [0.1, 0.15) is 0 Å². The van der Waals surface area contributed by atoms with Crippen LogP contribution in [0, 0.1) is 6.92 Å². The van der Waals surface area contributed by atoms with Gasteiger partial charge in [-0.15, -0.1) is 0 Å². The second-order valence-corrected chi connectivity index (χ2v) is 8.53. The van der Waals surface area contributed by atoms with Gasteiger partial charge in [-0.2, -0.15) is 9.46 Å². The van der Waals surface area contributed by atoms with E-state index >= 15 is 0 Å². The highest BCUT2D eigenvalue weighted by atomic mass is 79.9. The first kappa shape index (κ1) is 16.9. The zero-order chi connectivity index (χ0) is 16.5. The van der Waals surface area contributed by atoms with E-state index < -0.39 is 15.6 Å². The minimum Gasteiger partial charge on any atom is -0.268 e. The van der Waals surface area contributed by atoms with Crippen LogP contribution in [-0.4, -0.2) is 26.2 Å². The Kier molecular flexibility index (Phi) is 4.87. The lowest BCUT2D eigenvalue weighted by Crippen LogP contribution is -2.07. The summed E-state index contributed by atoms with van der Waals surface area (Å²) in [6.07, 6.45) is 3.19. The number of carbonyl (C=O) groups excluding carboxylic acids is 1. The summed E-state index contributed by atoms with van der Waals surface area (Å²) in [6.45, 7) is 5.82. The number of amides is 1. The number of halogens is 1. The third-order valence-electron chi connectivity index (χ3n) is 3.10. The summed E-state index contributed by atoms with van der Waals surface area (Å²) < 4.78 is 18.9. The summed E-state index contributed by atoms with van der Waals surface area (Å²) in [5.74, 6) is -0.583. The molecule has 118 valence electrons. The molecule has 5 nitrogen and oxygen atoms in total. The van der Waals surface area contributed by atoms with Crippen molar-refractivity contribution in [1.82, 2.24) is 9.78 Å². The Bertz CT molecular complexity index is 833. The summed E-state index contributed by atoms with van der Waals surface area (Å²) in [4.78, 5) is 12.9. The van der Waals surface area contributed by atoms with Crippen molar-refractivity contribution >= 4 is 31.6 Å². The monoisotopic (exact) mass is 383 g/mol. The second kappa shape index (κ2) is 6.34. The fraction of sp³-hybridized carbons (Fsp3) is 0.333. The molecule has 0 radical (unpaired) electrons. The maximum Gasteiger partial charge on any atom is 0.307 e. The van der Waals surface area contributed by atoms with E-state index in [-0.39, 0.29) is 11.7 Å². The van der Waals surface area contributed by atoms with E-state index in [1.165, 1.54) is 6.26 Å². The number of hydrogen-bond donors (Lipinski definition) is 0. The van der Waals surface area contributed by atoms with E-state index in [0.29, 0.717) is 9.37 Å². The lowest BCUT2D eigenvalue weighted by atomic mass is 10.2. The molecule has 0 bridgehead atoms. The van der Waals surface area contributed by atoms with Crippen molar-refractivity contribution in [3.05, 3.63) is 46.2 Å². The number of aromatic nitrogens is 2. The highest BCUT2D eigenvalue weighted by Crippen LogP contribution is 2.20. The third-order valence-corrected chi connectivity index (χ3v) is 5.33. The SMILES string of the molecule is Cc1cccc(S(C)(=O)=NC(=O)c2nn(C(C)C)cc2Br)c1. The number of nitrogens with zero attached hydrogens (tertiary/aromatic N) is 3. The Hall–Kier alpha value is -1.47. The zero-order valence-electron chi connectivity index (χ0n) is 12.9. The highest BCUT2D eigenvalue weighted by molar-refractivity contribution is 9.10. The molecule has 0 saturated carbocycles. The molecule has 1 atom stereocenters. The summed E-state index contributed by atoms with van der Waals surface area (Å²) in [7, 11) is -2.80. The number of rotatable bonds is 3. The van der Waals surface area contributed by atoms with Crippen LogP contribution < -0.4 is 0 Å². The Balaban J connectivity index is 2.43. The van der Waals surface area contributed by atoms with Crippen molar-refractivity contribution in [2.24, 2.45) is 4.36 Å². The van der Waals surface area contributed by atoms with Crippen LogP contribution >= 0.6 is 15.9 Å². The molecular weight excluding hydrogens is 366 g/mol. The molecule has 0 spiro atoms. The minimum absolute atomic E-state index is 0.126. The van der Waals surface area contributed by atoms with Gasteiger partial charge in [0.2, 0.25) is 0 Å². The van der Waals surface area contributed by atoms with Crippen LogP contribution in [0.15, 0.2) is 44.2 Å². The molecule has 2 aromatic rings. The highest BCUT2D eigenvalue weighted by Gasteiger charge is 2.18.